The lowest BCUT2D eigenvalue weighted by Crippen LogP contribution is -2.15. The molecule has 0 heterocycles. The van der Waals surface area contributed by atoms with E-state index in [4.69, 9.17) is 4.74 Å². The minimum absolute atomic E-state index is 0.347. The molecule has 0 aromatic carbocycles. The molecule has 0 aromatic rings. The third-order valence-electron chi connectivity index (χ3n) is 2.18. The molecule has 0 aliphatic heterocycles. The summed E-state index contributed by atoms with van der Waals surface area (Å²) in [5.74, 6) is 2.08. The highest BCUT2D eigenvalue weighted by atomic mass is 127. The van der Waals surface area contributed by atoms with E-state index in [0.29, 0.717) is 6.61 Å². The average Bonchev–Trinajstić information content (AvgIpc) is 2.31. The molecule has 0 aromatic heterocycles. The van der Waals surface area contributed by atoms with Gasteiger partial charge in [0.2, 0.25) is 0 Å². The first-order chi connectivity index (χ1) is 7.81. The number of carbonyl (C=O) groups is 1. The Morgan fingerprint density at radius 2 is 1.88 bits per heavy atom. The van der Waals surface area contributed by atoms with E-state index in [1.165, 1.54) is 44.3 Å². The zero-order valence-corrected chi connectivity index (χ0v) is 12.9. The molecule has 0 bridgehead atoms. The van der Waals surface area contributed by atoms with Gasteiger partial charge in [-0.15, -0.1) is 0 Å². The fourth-order valence-corrected chi connectivity index (χ4v) is 2.28. The molecule has 0 aliphatic carbocycles. The second-order valence-electron chi connectivity index (χ2n) is 3.61. The largest absolute Gasteiger partial charge is 0.448 e. The Morgan fingerprint density at radius 3 is 2.56 bits per heavy atom. The molecular weight excluding hydrogens is 337 g/mol. The Bertz CT molecular complexity index is 170. The van der Waals surface area contributed by atoms with Crippen LogP contribution in [0.4, 0.5) is 4.79 Å². The molecule has 1 amide bonds. The number of nitrogens with one attached hydrogen (secondary N) is 1. The molecule has 16 heavy (non-hydrogen) atoms. The van der Waals surface area contributed by atoms with Crippen LogP contribution in [0.15, 0.2) is 0 Å². The summed E-state index contributed by atoms with van der Waals surface area (Å²) in [4.78, 5) is 10.7. The number of rotatable bonds is 10. The van der Waals surface area contributed by atoms with Crippen molar-refractivity contribution in [3.63, 3.8) is 0 Å². The van der Waals surface area contributed by atoms with E-state index in [9.17, 15) is 4.79 Å². The Morgan fingerprint density at radius 1 is 1.19 bits per heavy atom. The first-order valence-corrected chi connectivity index (χ1v) is 8.15. The fraction of sp³-hybridized carbons (Fsp3) is 0.909. The van der Waals surface area contributed by atoms with Gasteiger partial charge in [0.05, 0.1) is 22.9 Å². The lowest BCUT2D eigenvalue weighted by molar-refractivity contribution is 0.162. The minimum atomic E-state index is -0.347. The molecule has 0 spiro atoms. The predicted octanol–water partition coefficient (Wildman–Crippen LogP) is 4.16. The van der Waals surface area contributed by atoms with Crippen molar-refractivity contribution in [3.8, 4) is 0 Å². The zero-order valence-electron chi connectivity index (χ0n) is 9.97. The topological polar surface area (TPSA) is 38.3 Å². The number of unbranched alkanes of at least 4 members (excludes halogenated alkanes) is 5. The highest BCUT2D eigenvalue weighted by molar-refractivity contribution is 14.1. The summed E-state index contributed by atoms with van der Waals surface area (Å²) in [6, 6.07) is 0. The van der Waals surface area contributed by atoms with Gasteiger partial charge in [-0.3, -0.25) is 3.53 Å². The molecule has 3 nitrogen and oxygen atoms in total. The number of carbonyl (C=O) groups excluding carboxylic acids is 1. The van der Waals surface area contributed by atoms with Crippen LogP contribution in [0.3, 0.4) is 0 Å². The maximum Gasteiger partial charge on any atom is 0.415 e. The van der Waals surface area contributed by atoms with E-state index < -0.39 is 0 Å². The Kier molecular flexibility index (Phi) is 13.7. The van der Waals surface area contributed by atoms with Crippen molar-refractivity contribution >= 4 is 40.7 Å². The van der Waals surface area contributed by atoms with Gasteiger partial charge in [-0.25, -0.2) is 4.79 Å². The number of halogens is 1. The van der Waals surface area contributed by atoms with Crippen LogP contribution in [0.5, 0.6) is 0 Å². The Balaban J connectivity index is 2.96. The number of ether oxygens (including phenoxy) is 1. The molecule has 0 fully saturated rings. The summed E-state index contributed by atoms with van der Waals surface area (Å²) in [6.07, 6.45) is 7.69. The molecular formula is C11H22INO2S. The van der Waals surface area contributed by atoms with Crippen LogP contribution in [-0.4, -0.2) is 24.2 Å². The molecule has 0 rings (SSSR count). The summed E-state index contributed by atoms with van der Waals surface area (Å²) >= 11 is 3.63. The molecule has 0 unspecified atom stereocenters. The van der Waals surface area contributed by atoms with Gasteiger partial charge >= 0.3 is 6.09 Å². The van der Waals surface area contributed by atoms with Crippen LogP contribution < -0.4 is 3.53 Å². The van der Waals surface area contributed by atoms with Gasteiger partial charge in [0.25, 0.3) is 0 Å². The van der Waals surface area contributed by atoms with Crippen molar-refractivity contribution in [3.05, 3.63) is 0 Å². The lowest BCUT2D eigenvalue weighted by atomic mass is 10.1. The summed E-state index contributed by atoms with van der Waals surface area (Å²) < 4.78 is 7.27. The van der Waals surface area contributed by atoms with Crippen molar-refractivity contribution in [1.82, 2.24) is 3.53 Å². The van der Waals surface area contributed by atoms with Crippen molar-refractivity contribution in [2.24, 2.45) is 0 Å². The smallest absolute Gasteiger partial charge is 0.415 e. The number of hydrogen-bond donors (Lipinski definition) is 1. The van der Waals surface area contributed by atoms with E-state index in [1.54, 1.807) is 22.9 Å². The first kappa shape index (κ1) is 16.4. The van der Waals surface area contributed by atoms with Crippen LogP contribution in [0.1, 0.15) is 45.4 Å². The molecule has 0 radical (unpaired) electrons. The van der Waals surface area contributed by atoms with E-state index in [0.717, 1.165) is 5.75 Å². The van der Waals surface area contributed by atoms with E-state index in [-0.39, 0.29) is 6.09 Å². The molecule has 96 valence electrons. The highest BCUT2D eigenvalue weighted by Crippen LogP contribution is 2.09. The SMILES string of the molecule is CCCCCCCCSCCOC(=O)NI. The van der Waals surface area contributed by atoms with Crippen LogP contribution in [-0.2, 0) is 4.74 Å². The van der Waals surface area contributed by atoms with Crippen LogP contribution in [0.25, 0.3) is 0 Å². The second kappa shape index (κ2) is 13.4. The molecule has 0 saturated carbocycles. The summed E-state index contributed by atoms with van der Waals surface area (Å²) in [5.41, 5.74) is 0. The number of hydrogen-bond acceptors (Lipinski definition) is 3. The second-order valence-corrected chi connectivity index (χ2v) is 5.37. The Labute approximate surface area is 117 Å². The molecule has 5 heteroatoms. The zero-order chi connectivity index (χ0) is 12.1. The quantitative estimate of drug-likeness (QED) is 0.362. The van der Waals surface area contributed by atoms with Gasteiger partial charge in [0.15, 0.2) is 0 Å². The third-order valence-corrected chi connectivity index (χ3v) is 3.65. The maximum atomic E-state index is 10.7. The van der Waals surface area contributed by atoms with Gasteiger partial charge in [0.1, 0.15) is 6.61 Å². The normalized spacial score (nSPS) is 10.1. The summed E-state index contributed by atoms with van der Waals surface area (Å²) in [5, 5.41) is 0. The van der Waals surface area contributed by atoms with Crippen LogP contribution >= 0.6 is 34.6 Å². The highest BCUT2D eigenvalue weighted by Gasteiger charge is 1.97. The van der Waals surface area contributed by atoms with Gasteiger partial charge in [-0.2, -0.15) is 11.8 Å². The lowest BCUT2D eigenvalue weighted by Gasteiger charge is -2.03. The van der Waals surface area contributed by atoms with Crippen molar-refractivity contribution < 1.29 is 9.53 Å². The predicted molar refractivity (Wildman–Crippen MR) is 79.2 cm³/mol. The van der Waals surface area contributed by atoms with E-state index in [2.05, 4.69) is 10.5 Å². The standard InChI is InChI=1S/C11H22INO2S/c1-2-3-4-5-6-7-9-16-10-8-15-11(14)13-12/h2-10H2,1H3,(H,13,14). The van der Waals surface area contributed by atoms with Gasteiger partial charge in [0, 0.05) is 5.75 Å². The average molecular weight is 359 g/mol. The van der Waals surface area contributed by atoms with Gasteiger partial charge in [-0.1, -0.05) is 39.0 Å². The summed E-state index contributed by atoms with van der Waals surface area (Å²) in [6.45, 7) is 2.75. The van der Waals surface area contributed by atoms with Crippen LogP contribution in [0.2, 0.25) is 0 Å². The van der Waals surface area contributed by atoms with Gasteiger partial charge in [-0.05, 0) is 12.2 Å². The summed E-state index contributed by atoms with van der Waals surface area (Å²) in [7, 11) is 0. The fourth-order valence-electron chi connectivity index (χ4n) is 1.31. The van der Waals surface area contributed by atoms with E-state index >= 15 is 0 Å². The maximum absolute atomic E-state index is 10.7. The monoisotopic (exact) mass is 359 g/mol. The molecule has 0 aliphatic rings. The molecule has 0 saturated heterocycles. The molecule has 0 atom stereocenters. The van der Waals surface area contributed by atoms with E-state index in [1.807, 2.05) is 11.8 Å². The number of amides is 1. The van der Waals surface area contributed by atoms with Crippen LogP contribution in [0, 0.1) is 0 Å². The minimum Gasteiger partial charge on any atom is -0.448 e. The van der Waals surface area contributed by atoms with Crippen molar-refractivity contribution in [2.45, 2.75) is 45.4 Å². The first-order valence-electron chi connectivity index (χ1n) is 5.92. The van der Waals surface area contributed by atoms with Crippen molar-refractivity contribution in [1.29, 1.82) is 0 Å². The molecule has 1 N–H and O–H groups in total. The van der Waals surface area contributed by atoms with Crippen molar-refractivity contribution in [2.75, 3.05) is 18.1 Å². The Hall–Kier alpha value is 0.350. The van der Waals surface area contributed by atoms with Gasteiger partial charge < -0.3 is 4.74 Å². The third kappa shape index (κ3) is 12.4. The number of thioether (sulfide) groups is 1.